The second kappa shape index (κ2) is 7.04. The van der Waals surface area contributed by atoms with Crippen molar-refractivity contribution < 1.29 is 28.2 Å². The molecule has 0 amide bonds. The molecular weight excluding hydrogens is 368 g/mol. The minimum atomic E-state index is -0.784. The lowest BCUT2D eigenvalue weighted by Gasteiger charge is -2.13. The van der Waals surface area contributed by atoms with E-state index in [0.717, 1.165) is 0 Å². The number of methoxy groups -OCH3 is 1. The Kier molecular flexibility index (Phi) is 5.30. The zero-order valence-corrected chi connectivity index (χ0v) is 14.9. The van der Waals surface area contributed by atoms with Crippen molar-refractivity contribution >= 4 is 38.8 Å². The van der Waals surface area contributed by atoms with Gasteiger partial charge in [0.25, 0.3) is 0 Å². The molecule has 0 radical (unpaired) electrons. The van der Waals surface area contributed by atoms with Crippen LogP contribution in [0.5, 0.6) is 5.75 Å². The molecular formula is C16H17BrO6. The Morgan fingerprint density at radius 3 is 2.65 bits per heavy atom. The first-order valence-corrected chi connectivity index (χ1v) is 7.82. The number of fused-ring (bicyclic) bond motifs is 1. The number of aryl methyl sites for hydroxylation is 1. The molecule has 1 aromatic carbocycles. The quantitative estimate of drug-likeness (QED) is 0.732. The smallest absolute Gasteiger partial charge is 0.346 e. The number of hydrogen-bond donors (Lipinski definition) is 0. The van der Waals surface area contributed by atoms with Crippen molar-refractivity contribution in [3.8, 4) is 5.75 Å². The van der Waals surface area contributed by atoms with Crippen LogP contribution in [-0.2, 0) is 14.3 Å². The van der Waals surface area contributed by atoms with E-state index >= 15 is 0 Å². The molecule has 0 saturated heterocycles. The molecule has 0 bridgehead atoms. The van der Waals surface area contributed by atoms with Crippen molar-refractivity contribution in [1.82, 2.24) is 0 Å². The summed E-state index contributed by atoms with van der Waals surface area (Å²) in [5.74, 6) is -0.0886. The highest BCUT2D eigenvalue weighted by Gasteiger charge is 2.23. The Bertz CT molecular complexity index is 749. The average Bonchev–Trinajstić information content (AvgIpc) is 2.81. The molecule has 1 aromatic heterocycles. The molecule has 0 fully saturated rings. The van der Waals surface area contributed by atoms with Crippen molar-refractivity contribution in [2.75, 3.05) is 13.7 Å². The minimum absolute atomic E-state index is 0.268. The lowest BCUT2D eigenvalue weighted by Crippen LogP contribution is -2.25. The van der Waals surface area contributed by atoms with Gasteiger partial charge in [0, 0.05) is 5.39 Å². The normalized spacial score (nSPS) is 12.0. The van der Waals surface area contributed by atoms with E-state index in [2.05, 4.69) is 20.7 Å². The van der Waals surface area contributed by atoms with E-state index in [0.29, 0.717) is 32.5 Å². The Morgan fingerprint density at radius 2 is 2.04 bits per heavy atom. The first-order valence-electron chi connectivity index (χ1n) is 7.03. The fourth-order valence-electron chi connectivity index (χ4n) is 2.17. The van der Waals surface area contributed by atoms with Crippen molar-refractivity contribution in [3.05, 3.63) is 27.9 Å². The third-order valence-corrected chi connectivity index (χ3v) is 3.85. The van der Waals surface area contributed by atoms with E-state index in [-0.39, 0.29) is 6.61 Å². The van der Waals surface area contributed by atoms with E-state index in [9.17, 15) is 9.59 Å². The Labute approximate surface area is 141 Å². The van der Waals surface area contributed by atoms with Crippen LogP contribution in [0, 0.1) is 6.92 Å². The maximum Gasteiger partial charge on any atom is 0.346 e. The molecule has 0 spiro atoms. The van der Waals surface area contributed by atoms with Crippen LogP contribution in [0.4, 0.5) is 0 Å². The van der Waals surface area contributed by atoms with Gasteiger partial charge in [-0.3, -0.25) is 0 Å². The number of furan rings is 1. The van der Waals surface area contributed by atoms with Crippen molar-refractivity contribution in [2.45, 2.75) is 26.9 Å². The SMILES string of the molecule is CCOC(=O)c1c(C)oc2cc(Br)c(O[C@@H](C)C(=O)OC)cc12. The van der Waals surface area contributed by atoms with Gasteiger partial charge in [0.2, 0.25) is 0 Å². The number of carbonyl (C=O) groups excluding carboxylic acids is 2. The molecule has 0 aliphatic heterocycles. The van der Waals surface area contributed by atoms with E-state index in [4.69, 9.17) is 13.9 Å². The fourth-order valence-corrected chi connectivity index (χ4v) is 2.59. The number of benzene rings is 1. The Balaban J connectivity index is 2.48. The lowest BCUT2D eigenvalue weighted by molar-refractivity contribution is -0.147. The van der Waals surface area contributed by atoms with Crippen LogP contribution in [0.1, 0.15) is 30.0 Å². The second-order valence-electron chi connectivity index (χ2n) is 4.82. The highest BCUT2D eigenvalue weighted by molar-refractivity contribution is 9.10. The summed E-state index contributed by atoms with van der Waals surface area (Å²) in [6, 6.07) is 3.33. The summed E-state index contributed by atoms with van der Waals surface area (Å²) < 4.78 is 21.5. The van der Waals surface area contributed by atoms with E-state index in [1.54, 1.807) is 32.9 Å². The molecule has 0 N–H and O–H groups in total. The molecule has 1 heterocycles. The highest BCUT2D eigenvalue weighted by atomic mass is 79.9. The van der Waals surface area contributed by atoms with Crippen LogP contribution in [0.2, 0.25) is 0 Å². The number of halogens is 1. The molecule has 0 unspecified atom stereocenters. The first kappa shape index (κ1) is 17.3. The maximum atomic E-state index is 12.1. The largest absolute Gasteiger partial charge is 0.478 e. The Hall–Kier alpha value is -2.02. The van der Waals surface area contributed by atoms with E-state index < -0.39 is 18.0 Å². The lowest BCUT2D eigenvalue weighted by atomic mass is 10.1. The number of hydrogen-bond acceptors (Lipinski definition) is 6. The van der Waals surface area contributed by atoms with E-state index in [1.165, 1.54) is 7.11 Å². The van der Waals surface area contributed by atoms with Crippen LogP contribution >= 0.6 is 15.9 Å². The second-order valence-corrected chi connectivity index (χ2v) is 5.67. The molecule has 0 aliphatic carbocycles. The van der Waals surface area contributed by atoms with Gasteiger partial charge in [0.1, 0.15) is 22.7 Å². The molecule has 7 heteroatoms. The van der Waals surface area contributed by atoms with Gasteiger partial charge < -0.3 is 18.6 Å². The predicted octanol–water partition coefficient (Wildman–Crippen LogP) is 3.62. The molecule has 6 nitrogen and oxygen atoms in total. The first-order chi connectivity index (χ1) is 10.9. The van der Waals surface area contributed by atoms with E-state index in [1.807, 2.05) is 0 Å². The van der Waals surface area contributed by atoms with Crippen molar-refractivity contribution in [3.63, 3.8) is 0 Å². The molecule has 23 heavy (non-hydrogen) atoms. The third-order valence-electron chi connectivity index (χ3n) is 3.23. The number of ether oxygens (including phenoxy) is 3. The number of rotatable bonds is 5. The zero-order chi connectivity index (χ0) is 17.1. The van der Waals surface area contributed by atoms with Crippen LogP contribution in [0.15, 0.2) is 21.0 Å². The number of esters is 2. The average molecular weight is 385 g/mol. The number of carbonyl (C=O) groups is 2. The molecule has 2 aromatic rings. The maximum absolute atomic E-state index is 12.1. The van der Waals surface area contributed by atoms with Gasteiger partial charge in [-0.05, 0) is 48.8 Å². The van der Waals surface area contributed by atoms with Crippen LogP contribution in [0.3, 0.4) is 0 Å². The summed E-state index contributed by atoms with van der Waals surface area (Å²) in [6.07, 6.45) is -0.784. The molecule has 0 aliphatic rings. The summed E-state index contributed by atoms with van der Waals surface area (Å²) in [4.78, 5) is 23.6. The summed E-state index contributed by atoms with van der Waals surface area (Å²) in [7, 11) is 1.29. The third kappa shape index (κ3) is 3.50. The van der Waals surface area contributed by atoms with Gasteiger partial charge in [0.15, 0.2) is 6.10 Å². The van der Waals surface area contributed by atoms with Gasteiger partial charge in [-0.25, -0.2) is 9.59 Å². The molecule has 2 rings (SSSR count). The minimum Gasteiger partial charge on any atom is -0.478 e. The molecule has 0 saturated carbocycles. The fraction of sp³-hybridized carbons (Fsp3) is 0.375. The molecule has 124 valence electrons. The summed E-state index contributed by atoms with van der Waals surface area (Å²) >= 11 is 3.37. The van der Waals surface area contributed by atoms with Gasteiger partial charge in [-0.1, -0.05) is 0 Å². The van der Waals surface area contributed by atoms with Crippen LogP contribution in [0.25, 0.3) is 11.0 Å². The standard InChI is InChI=1S/C16H17BrO6/c1-5-21-16(19)14-8(2)22-12-7-11(17)13(6-10(12)14)23-9(3)15(18)20-4/h6-7,9H,5H2,1-4H3/t9-/m0/s1. The zero-order valence-electron chi connectivity index (χ0n) is 13.3. The summed E-state index contributed by atoms with van der Waals surface area (Å²) in [5, 5.41) is 0.566. The van der Waals surface area contributed by atoms with Gasteiger partial charge >= 0.3 is 11.9 Å². The van der Waals surface area contributed by atoms with Crippen LogP contribution in [-0.4, -0.2) is 31.8 Å². The summed E-state index contributed by atoms with van der Waals surface area (Å²) in [5.41, 5.74) is 0.875. The van der Waals surface area contributed by atoms with Gasteiger partial charge in [-0.15, -0.1) is 0 Å². The van der Waals surface area contributed by atoms with Gasteiger partial charge in [-0.2, -0.15) is 0 Å². The van der Waals surface area contributed by atoms with Crippen LogP contribution < -0.4 is 4.74 Å². The molecule has 1 atom stereocenters. The van der Waals surface area contributed by atoms with Gasteiger partial charge in [0.05, 0.1) is 18.2 Å². The summed E-state index contributed by atoms with van der Waals surface area (Å²) in [6.45, 7) is 5.27. The predicted molar refractivity (Wildman–Crippen MR) is 86.7 cm³/mol. The monoisotopic (exact) mass is 384 g/mol. The van der Waals surface area contributed by atoms with Crippen molar-refractivity contribution in [2.24, 2.45) is 0 Å². The Morgan fingerprint density at radius 1 is 1.35 bits per heavy atom. The highest BCUT2D eigenvalue weighted by Crippen LogP contribution is 2.35. The van der Waals surface area contributed by atoms with Crippen molar-refractivity contribution in [1.29, 1.82) is 0 Å². The topological polar surface area (TPSA) is 75.0 Å².